The molecule has 1 unspecified atom stereocenters. The summed E-state index contributed by atoms with van der Waals surface area (Å²) in [7, 11) is 0. The molecular formula is C11H16ClN5OS. The molecule has 1 aliphatic rings. The van der Waals surface area contributed by atoms with Gasteiger partial charge >= 0.3 is 0 Å². The summed E-state index contributed by atoms with van der Waals surface area (Å²) in [5.74, 6) is -0.463. The van der Waals surface area contributed by atoms with E-state index in [0.29, 0.717) is 10.7 Å². The largest absolute Gasteiger partial charge is 0.368 e. The Morgan fingerprint density at radius 3 is 2.53 bits per heavy atom. The van der Waals surface area contributed by atoms with Crippen LogP contribution < -0.4 is 16.4 Å². The molecule has 0 saturated carbocycles. The Balaban J connectivity index is 0.000000258. The lowest BCUT2D eigenvalue weighted by Crippen LogP contribution is -2.32. The van der Waals surface area contributed by atoms with Crippen LogP contribution in [-0.2, 0) is 4.79 Å². The quantitative estimate of drug-likeness (QED) is 0.849. The van der Waals surface area contributed by atoms with E-state index in [1.165, 1.54) is 24.4 Å². The number of nitrogens with zero attached hydrogens (tertiary/aromatic N) is 3. The second kappa shape index (κ2) is 7.28. The number of rotatable bonds is 2. The molecule has 104 valence electrons. The predicted octanol–water partition coefficient (Wildman–Crippen LogP) is 1.09. The highest BCUT2D eigenvalue weighted by Crippen LogP contribution is 2.32. The van der Waals surface area contributed by atoms with Crippen LogP contribution in [0.5, 0.6) is 0 Å². The van der Waals surface area contributed by atoms with Crippen molar-refractivity contribution in [3.05, 3.63) is 10.7 Å². The smallest absolute Gasteiger partial charge is 0.234 e. The zero-order valence-corrected chi connectivity index (χ0v) is 12.2. The second-order valence-corrected chi connectivity index (χ2v) is 5.26. The molecule has 1 aromatic rings. The minimum Gasteiger partial charge on any atom is -0.368 e. The van der Waals surface area contributed by atoms with E-state index in [0.717, 1.165) is 18.1 Å². The third-order valence-corrected chi connectivity index (χ3v) is 3.87. The number of anilines is 1. The molecule has 4 N–H and O–H groups in total. The van der Waals surface area contributed by atoms with Gasteiger partial charge in [-0.1, -0.05) is 11.6 Å². The summed E-state index contributed by atoms with van der Waals surface area (Å²) in [5, 5.41) is 10.1. The molecular weight excluding hydrogens is 286 g/mol. The maximum Gasteiger partial charge on any atom is 0.234 e. The number of carbonyl (C=O) groups is 1. The molecule has 6 nitrogen and oxygen atoms in total. The normalized spacial score (nSPS) is 15.4. The van der Waals surface area contributed by atoms with Crippen LogP contribution in [0.1, 0.15) is 25.3 Å². The molecule has 1 aliphatic heterocycles. The number of amides is 1. The predicted molar refractivity (Wildman–Crippen MR) is 76.1 cm³/mol. The van der Waals surface area contributed by atoms with Crippen molar-refractivity contribution >= 4 is 34.0 Å². The zero-order valence-electron chi connectivity index (χ0n) is 10.6. The molecule has 0 bridgehead atoms. The van der Waals surface area contributed by atoms with Gasteiger partial charge in [-0.05, 0) is 31.3 Å². The van der Waals surface area contributed by atoms with Crippen molar-refractivity contribution in [3.63, 3.8) is 0 Å². The van der Waals surface area contributed by atoms with Crippen LogP contribution >= 0.6 is 23.1 Å². The first-order valence-corrected chi connectivity index (χ1v) is 6.97. The fourth-order valence-corrected chi connectivity index (χ4v) is 2.57. The number of hydrogen-bond donors (Lipinski definition) is 2. The fourth-order valence-electron chi connectivity index (χ4n) is 1.49. The SMILES string of the molecule is CC(N)C(N)=O.N#Cc1c(Cl)nsc1N1CCCC1. The molecule has 0 spiro atoms. The van der Waals surface area contributed by atoms with Crippen molar-refractivity contribution in [2.24, 2.45) is 11.5 Å². The van der Waals surface area contributed by atoms with E-state index in [1.807, 2.05) is 0 Å². The molecule has 19 heavy (non-hydrogen) atoms. The summed E-state index contributed by atoms with van der Waals surface area (Å²) in [6.45, 7) is 3.59. The number of nitrogens with two attached hydrogens (primary N) is 2. The molecule has 1 fully saturated rings. The molecule has 1 atom stereocenters. The van der Waals surface area contributed by atoms with Crippen molar-refractivity contribution < 1.29 is 4.79 Å². The molecule has 1 aromatic heterocycles. The van der Waals surface area contributed by atoms with Gasteiger partial charge in [-0.2, -0.15) is 9.64 Å². The third kappa shape index (κ3) is 4.35. The Kier molecular flexibility index (Phi) is 6.02. The molecule has 1 saturated heterocycles. The summed E-state index contributed by atoms with van der Waals surface area (Å²) in [6.07, 6.45) is 2.39. The van der Waals surface area contributed by atoms with E-state index in [2.05, 4.69) is 21.1 Å². The number of aromatic nitrogens is 1. The molecule has 8 heteroatoms. The van der Waals surface area contributed by atoms with Gasteiger partial charge in [0.1, 0.15) is 16.6 Å². The minimum absolute atomic E-state index is 0.342. The highest BCUT2D eigenvalue weighted by atomic mass is 35.5. The van der Waals surface area contributed by atoms with E-state index in [9.17, 15) is 4.79 Å². The van der Waals surface area contributed by atoms with Gasteiger partial charge in [-0.15, -0.1) is 0 Å². The molecule has 0 radical (unpaired) electrons. The topological polar surface area (TPSA) is 109 Å². The van der Waals surface area contributed by atoms with Crippen LogP contribution in [0.25, 0.3) is 0 Å². The van der Waals surface area contributed by atoms with Crippen molar-refractivity contribution in [2.45, 2.75) is 25.8 Å². The van der Waals surface area contributed by atoms with Gasteiger partial charge in [0, 0.05) is 13.1 Å². The highest BCUT2D eigenvalue weighted by Gasteiger charge is 2.20. The lowest BCUT2D eigenvalue weighted by Gasteiger charge is -2.13. The van der Waals surface area contributed by atoms with Crippen molar-refractivity contribution in [1.29, 1.82) is 5.26 Å². The Morgan fingerprint density at radius 1 is 1.58 bits per heavy atom. The summed E-state index contributed by atoms with van der Waals surface area (Å²) < 4.78 is 3.97. The highest BCUT2D eigenvalue weighted by molar-refractivity contribution is 7.10. The molecule has 0 aliphatic carbocycles. The van der Waals surface area contributed by atoms with E-state index < -0.39 is 11.9 Å². The van der Waals surface area contributed by atoms with Crippen LogP contribution in [0.2, 0.25) is 5.15 Å². The monoisotopic (exact) mass is 301 g/mol. The summed E-state index contributed by atoms with van der Waals surface area (Å²) >= 11 is 7.09. The van der Waals surface area contributed by atoms with E-state index in [1.54, 1.807) is 6.92 Å². The van der Waals surface area contributed by atoms with Gasteiger partial charge in [0.05, 0.1) is 6.04 Å². The van der Waals surface area contributed by atoms with Gasteiger partial charge in [0.2, 0.25) is 5.91 Å². The lowest BCUT2D eigenvalue weighted by atomic mass is 10.3. The van der Waals surface area contributed by atoms with Crippen LogP contribution in [0.3, 0.4) is 0 Å². The van der Waals surface area contributed by atoms with Gasteiger partial charge in [0.15, 0.2) is 5.15 Å². The van der Waals surface area contributed by atoms with E-state index in [-0.39, 0.29) is 0 Å². The van der Waals surface area contributed by atoms with Gasteiger partial charge in [-0.25, -0.2) is 0 Å². The Bertz CT molecular complexity index is 476. The number of halogens is 1. The number of hydrogen-bond acceptors (Lipinski definition) is 6. The first kappa shape index (κ1) is 15.7. The first-order valence-electron chi connectivity index (χ1n) is 5.82. The summed E-state index contributed by atoms with van der Waals surface area (Å²) in [5.41, 5.74) is 10.2. The molecule has 0 aromatic carbocycles. The maximum absolute atomic E-state index is 9.80. The Labute approximate surface area is 121 Å². The number of carbonyl (C=O) groups excluding carboxylic acids is 1. The molecule has 1 amide bonds. The standard InChI is InChI=1S/C8H8ClN3S.C3H8N2O/c9-7-6(5-10)8(13-11-7)12-3-1-2-4-12;1-2(4)3(5)6/h1-4H2;2H,4H2,1H3,(H2,5,6). The Morgan fingerprint density at radius 2 is 2.11 bits per heavy atom. The molecule has 2 heterocycles. The van der Waals surface area contributed by atoms with Crippen LogP contribution in [0, 0.1) is 11.3 Å². The van der Waals surface area contributed by atoms with E-state index in [4.69, 9.17) is 22.6 Å². The van der Waals surface area contributed by atoms with Crippen LogP contribution in [0.4, 0.5) is 5.00 Å². The van der Waals surface area contributed by atoms with Crippen molar-refractivity contribution in [2.75, 3.05) is 18.0 Å². The fraction of sp³-hybridized carbons (Fsp3) is 0.545. The van der Waals surface area contributed by atoms with Crippen molar-refractivity contribution in [3.8, 4) is 6.07 Å². The zero-order chi connectivity index (χ0) is 14.4. The summed E-state index contributed by atoms with van der Waals surface area (Å²) in [4.78, 5) is 12.0. The third-order valence-electron chi connectivity index (χ3n) is 2.59. The van der Waals surface area contributed by atoms with Gasteiger partial charge in [0.25, 0.3) is 0 Å². The average molecular weight is 302 g/mol. The average Bonchev–Trinajstić information content (AvgIpc) is 2.98. The van der Waals surface area contributed by atoms with Crippen LogP contribution in [0.15, 0.2) is 0 Å². The lowest BCUT2D eigenvalue weighted by molar-refractivity contribution is -0.118. The van der Waals surface area contributed by atoms with Crippen molar-refractivity contribution in [1.82, 2.24) is 4.37 Å². The van der Waals surface area contributed by atoms with Crippen LogP contribution in [-0.4, -0.2) is 29.4 Å². The van der Waals surface area contributed by atoms with E-state index >= 15 is 0 Å². The maximum atomic E-state index is 9.80. The minimum atomic E-state index is -0.509. The van der Waals surface area contributed by atoms with Gasteiger partial charge < -0.3 is 16.4 Å². The second-order valence-electron chi connectivity index (χ2n) is 4.15. The first-order chi connectivity index (χ1) is 8.97. The number of nitriles is 1. The molecule has 2 rings (SSSR count). The van der Waals surface area contributed by atoms with Gasteiger partial charge in [-0.3, -0.25) is 4.79 Å². The summed E-state index contributed by atoms with van der Waals surface area (Å²) in [6, 6.07) is 1.59. The Hall–Kier alpha value is -1.36. The number of primary amides is 1.